The van der Waals surface area contributed by atoms with Crippen LogP contribution in [0.5, 0.6) is 5.75 Å². The molecule has 0 fully saturated rings. The van der Waals surface area contributed by atoms with Crippen molar-refractivity contribution in [3.8, 4) is 5.75 Å². The number of carbonyl (C=O) groups excluding carboxylic acids is 2. The Hall–Kier alpha value is 0.372. The summed E-state index contributed by atoms with van der Waals surface area (Å²) in [4.78, 5) is 53.5. The number of hydrogen-bond donors (Lipinski definition) is 5. The smallest absolute Gasteiger partial charge is 0.498 e. The van der Waals surface area contributed by atoms with Crippen LogP contribution in [0.25, 0.3) is 0 Å². The van der Waals surface area contributed by atoms with Gasteiger partial charge in [-0.15, -0.1) is 0 Å². The van der Waals surface area contributed by atoms with Gasteiger partial charge in [-0.05, 0) is 64.5 Å². The van der Waals surface area contributed by atoms with E-state index in [9.17, 15) is 28.0 Å². The molecule has 0 aliphatic heterocycles. The first kappa shape index (κ1) is 52.9. The molecule has 0 aliphatic carbocycles. The van der Waals surface area contributed by atoms with Crippen LogP contribution in [-0.2, 0) is 44.4 Å². The average molecular weight is 892 g/mol. The number of hydrogen-bond acceptors (Lipinski definition) is 10. The number of carboxylic acid groups (broad SMARTS) is 3. The van der Waals surface area contributed by atoms with Gasteiger partial charge >= 0.3 is 35.0 Å². The summed E-state index contributed by atoms with van der Waals surface area (Å²) in [6.45, 7) is 6.93. The van der Waals surface area contributed by atoms with E-state index in [0.717, 1.165) is 18.6 Å². The normalized spacial score (nSPS) is 9.33. The third kappa shape index (κ3) is 25.2. The van der Waals surface area contributed by atoms with Gasteiger partial charge in [-0.1, -0.05) is 15.9 Å². The van der Waals surface area contributed by atoms with Crippen molar-refractivity contribution in [1.29, 1.82) is 0 Å². The van der Waals surface area contributed by atoms with E-state index in [1.807, 2.05) is 0 Å². The molecule has 0 saturated heterocycles. The fraction of sp³-hybridized carbons (Fsp3) is 0.261. The van der Waals surface area contributed by atoms with Crippen LogP contribution >= 0.6 is 38.9 Å². The van der Waals surface area contributed by atoms with E-state index in [4.69, 9.17) is 25.8 Å². The number of carboxylic acids is 3. The number of carbonyl (C=O) groups is 4. The molecule has 2 radical (unpaired) electrons. The standard InChI is InChI=1S/C11H12FNO4.C7H4BrFO2.C4H9NO2.CIO3.Cu.2K/c1-11(2,10(15)16)13-7-3-4-9(17-6-14)8(12)5-7;8-4-1-2-5(7(10)11)6(9)3-4;1-4(2,5)3(6)7;2-5-4-1-3;;;/h3-6,13H,1-2H3,(H,15,16);1-3H,(H,10,11);5H2,1-2H3,(H,6,7);;;;/q;;;-1;+1;;. The summed E-state index contributed by atoms with van der Waals surface area (Å²) in [7, 11) is 0. The SMILES string of the molecule is CC(C)(N)C(=O)O.CC(C)(Nc1ccc(OC=O)c(F)c1)C(=O)O.O=C(O)c1ccc(Br)cc1F.O=[C-]OOI.[Cu+].[K].[K]. The van der Waals surface area contributed by atoms with Gasteiger partial charge in [0.25, 0.3) is 6.47 Å². The Labute approximate surface area is 363 Å². The molecular formula is C23H25BrCuF2IK2N2O11. The molecule has 2 rings (SSSR count). The quantitative estimate of drug-likeness (QED) is 0.0612. The first-order valence-electron chi connectivity index (χ1n) is 10.3. The van der Waals surface area contributed by atoms with Crippen LogP contribution in [0.1, 0.15) is 38.1 Å². The van der Waals surface area contributed by atoms with Crippen LogP contribution in [0.15, 0.2) is 40.9 Å². The van der Waals surface area contributed by atoms with Crippen LogP contribution in [0.2, 0.25) is 0 Å². The number of aliphatic carboxylic acids is 2. The summed E-state index contributed by atoms with van der Waals surface area (Å²) in [6, 6.07) is 7.53. The molecule has 0 atom stereocenters. The molecule has 0 unspecified atom stereocenters. The van der Waals surface area contributed by atoms with E-state index in [-0.39, 0.29) is 143 Å². The van der Waals surface area contributed by atoms with Crippen LogP contribution < -0.4 is 15.8 Å². The van der Waals surface area contributed by atoms with Crippen molar-refractivity contribution >= 4 is 178 Å². The minimum atomic E-state index is -1.25. The summed E-state index contributed by atoms with van der Waals surface area (Å²) >= 11 is 4.42. The van der Waals surface area contributed by atoms with E-state index >= 15 is 0 Å². The molecule has 20 heteroatoms. The Morgan fingerprint density at radius 2 is 1.51 bits per heavy atom. The summed E-state index contributed by atoms with van der Waals surface area (Å²) in [5, 5.41) is 28.1. The third-order valence-electron chi connectivity index (χ3n) is 3.88. The Kier molecular flexibility index (Phi) is 33.8. The largest absolute Gasteiger partial charge is 1.00 e. The number of nitrogens with two attached hydrogens (primary N) is 1. The van der Waals surface area contributed by atoms with Gasteiger partial charge in [0.05, 0.1) is 5.56 Å². The maximum Gasteiger partial charge on any atom is 1.00 e. The number of aromatic carboxylic acids is 1. The average Bonchev–Trinajstić information content (AvgIpc) is 2.81. The Morgan fingerprint density at radius 3 is 1.81 bits per heavy atom. The molecule has 0 aliphatic rings. The monoisotopic (exact) mass is 890 g/mol. The Morgan fingerprint density at radius 1 is 1.00 bits per heavy atom. The number of anilines is 1. The fourth-order valence-corrected chi connectivity index (χ4v) is 2.22. The summed E-state index contributed by atoms with van der Waals surface area (Å²) in [5.74, 6) is -4.98. The molecule has 2 aromatic carbocycles. The molecule has 0 heterocycles. The van der Waals surface area contributed by atoms with Gasteiger partial charge in [-0.25, -0.2) is 18.4 Å². The number of halogens is 4. The minimum absolute atomic E-state index is 0. The fourth-order valence-electron chi connectivity index (χ4n) is 1.82. The zero-order valence-electron chi connectivity index (χ0n) is 23.5. The maximum atomic E-state index is 13.3. The second-order valence-electron chi connectivity index (χ2n) is 8.10. The van der Waals surface area contributed by atoms with Crippen LogP contribution in [0.3, 0.4) is 0 Å². The van der Waals surface area contributed by atoms with Crippen LogP contribution in [-0.4, -0.2) is 160 Å². The second kappa shape index (κ2) is 27.5. The number of benzene rings is 2. The van der Waals surface area contributed by atoms with Crippen molar-refractivity contribution in [3.63, 3.8) is 0 Å². The summed E-state index contributed by atoms with van der Waals surface area (Å²) in [6.07, 6.45) is 0. The molecule has 0 spiro atoms. The van der Waals surface area contributed by atoms with Crippen LogP contribution in [0.4, 0.5) is 14.5 Å². The zero-order valence-corrected chi connectivity index (χ0v) is 34.5. The van der Waals surface area contributed by atoms with Gasteiger partial charge in [0.2, 0.25) is 0 Å². The molecule has 234 valence electrons. The minimum Gasteiger partial charge on any atom is -0.498 e. The number of ether oxygens (including phenoxy) is 1. The van der Waals surface area contributed by atoms with E-state index in [1.165, 1.54) is 75.0 Å². The second-order valence-corrected chi connectivity index (χ2v) is 9.38. The molecule has 2 aromatic rings. The Bertz CT molecular complexity index is 1180. The maximum absolute atomic E-state index is 13.3. The first-order chi connectivity index (χ1) is 18.3. The molecule has 0 saturated carbocycles. The van der Waals surface area contributed by atoms with Crippen molar-refractivity contribution in [3.05, 3.63) is 58.1 Å². The predicted molar refractivity (Wildman–Crippen MR) is 159 cm³/mol. The Balaban J connectivity index is -0.000000161. The van der Waals surface area contributed by atoms with E-state index in [2.05, 4.69) is 34.1 Å². The van der Waals surface area contributed by atoms with E-state index in [0.29, 0.717) is 4.47 Å². The van der Waals surface area contributed by atoms with Gasteiger partial charge in [-0.3, -0.25) is 9.59 Å². The summed E-state index contributed by atoms with van der Waals surface area (Å²) in [5.41, 5.74) is 2.75. The van der Waals surface area contributed by atoms with Crippen molar-refractivity contribution in [2.45, 2.75) is 38.8 Å². The van der Waals surface area contributed by atoms with Crippen molar-refractivity contribution in [2.75, 3.05) is 5.32 Å². The molecular weight excluding hydrogens is 867 g/mol. The molecule has 6 N–H and O–H groups in total. The van der Waals surface area contributed by atoms with Gasteiger partial charge in [0.15, 0.2) is 34.6 Å². The first-order valence-corrected chi connectivity index (χ1v) is 11.9. The molecule has 0 amide bonds. The molecule has 0 bridgehead atoms. The predicted octanol–water partition coefficient (Wildman–Crippen LogP) is 3.32. The van der Waals surface area contributed by atoms with Gasteiger partial charge in [-0.2, -0.15) is 3.22 Å². The van der Waals surface area contributed by atoms with E-state index in [1.54, 1.807) is 0 Å². The zero-order chi connectivity index (χ0) is 31.7. The van der Waals surface area contributed by atoms with Gasteiger partial charge in [0.1, 0.15) is 16.9 Å². The van der Waals surface area contributed by atoms with Crippen molar-refractivity contribution in [2.24, 2.45) is 5.73 Å². The molecule has 43 heavy (non-hydrogen) atoms. The molecule has 13 nitrogen and oxygen atoms in total. The number of nitrogens with one attached hydrogen (secondary N) is 1. The van der Waals surface area contributed by atoms with Crippen molar-refractivity contribution < 1.29 is 78.0 Å². The number of rotatable bonds is 9. The van der Waals surface area contributed by atoms with Crippen molar-refractivity contribution in [1.82, 2.24) is 0 Å². The summed E-state index contributed by atoms with van der Waals surface area (Å²) < 4.78 is 34.7. The van der Waals surface area contributed by atoms with Crippen LogP contribution in [0, 0.1) is 11.6 Å². The topological polar surface area (TPSA) is 212 Å². The van der Waals surface area contributed by atoms with E-state index < -0.39 is 40.6 Å². The molecule has 0 aromatic heterocycles. The van der Waals surface area contributed by atoms with Gasteiger partial charge < -0.3 is 40.8 Å². The van der Waals surface area contributed by atoms with Gasteiger partial charge in [0, 0.05) is 119 Å². The third-order valence-corrected chi connectivity index (χ3v) is 4.55.